The van der Waals surface area contributed by atoms with E-state index in [0.29, 0.717) is 5.69 Å². The second kappa shape index (κ2) is 13.4. The third-order valence-electron chi connectivity index (χ3n) is 4.85. The van der Waals surface area contributed by atoms with Gasteiger partial charge in [0.05, 0.1) is 28.3 Å². The lowest BCUT2D eigenvalue weighted by molar-refractivity contribution is 0.0696. The Kier molecular flexibility index (Phi) is 10.6. The predicted octanol–water partition coefficient (Wildman–Crippen LogP) is 5.05. The Balaban J connectivity index is 0.000000314. The molecule has 0 saturated heterocycles. The molecule has 37 heavy (non-hydrogen) atoms. The van der Waals surface area contributed by atoms with Gasteiger partial charge in [0.1, 0.15) is 0 Å². The van der Waals surface area contributed by atoms with Crippen LogP contribution in [-0.2, 0) is 10.0 Å². The number of aromatic carboxylic acids is 2. The van der Waals surface area contributed by atoms with Crippen molar-refractivity contribution >= 4 is 57.5 Å². The summed E-state index contributed by atoms with van der Waals surface area (Å²) in [5, 5.41) is 23.9. The number of thiophene rings is 1. The number of hydrogen-bond acceptors (Lipinski definition) is 7. The summed E-state index contributed by atoms with van der Waals surface area (Å²) < 4.78 is 26.8. The fraction of sp³-hybridized carbons (Fsp3) is 0.0800. The van der Waals surface area contributed by atoms with Crippen LogP contribution in [0.4, 0.5) is 5.69 Å². The smallest absolute Gasteiger partial charge is 0.335 e. The molecule has 12 heteroatoms. The molecule has 4 aromatic rings. The summed E-state index contributed by atoms with van der Waals surface area (Å²) in [5.74, 6) is -2.34. The third-order valence-corrected chi connectivity index (χ3v) is 7.05. The van der Waals surface area contributed by atoms with Gasteiger partial charge in [-0.15, -0.1) is 12.4 Å². The quantitative estimate of drug-likeness (QED) is 0.272. The number of nitrogens with zero attached hydrogens (tertiary/aromatic N) is 2. The summed E-state index contributed by atoms with van der Waals surface area (Å²) >= 11 is 1.54. The highest BCUT2D eigenvalue weighted by atomic mass is 35.5. The zero-order valence-corrected chi connectivity index (χ0v) is 22.0. The maximum atomic E-state index is 12.7. The van der Waals surface area contributed by atoms with Gasteiger partial charge >= 0.3 is 11.9 Å². The van der Waals surface area contributed by atoms with Crippen molar-refractivity contribution in [2.45, 2.75) is 0 Å². The molecule has 3 heterocycles. The van der Waals surface area contributed by atoms with Crippen LogP contribution in [0, 0.1) is 0 Å². The molecule has 0 unspecified atom stereocenters. The second-order valence-corrected chi connectivity index (χ2v) is 10.0. The number of benzene rings is 1. The summed E-state index contributed by atoms with van der Waals surface area (Å²) in [6.07, 6.45) is 8.38. The van der Waals surface area contributed by atoms with E-state index in [-0.39, 0.29) is 29.3 Å². The molecule has 3 aromatic heterocycles. The molecule has 0 saturated carbocycles. The SMILES string of the molecule is CNc1cc(-c2ccsc2)n(S(=O)(=O)CC=Cc2cccnc2)c1.Cl.O=C(O)c1cccc(C(=O)O)c1. The largest absolute Gasteiger partial charge is 0.478 e. The monoisotopic (exact) mass is 561 g/mol. The van der Waals surface area contributed by atoms with Crippen molar-refractivity contribution in [3.63, 3.8) is 0 Å². The van der Waals surface area contributed by atoms with E-state index in [1.165, 1.54) is 33.5 Å². The Morgan fingerprint density at radius 3 is 2.32 bits per heavy atom. The molecule has 0 bridgehead atoms. The van der Waals surface area contributed by atoms with Crippen molar-refractivity contribution in [1.82, 2.24) is 8.96 Å². The lowest BCUT2D eigenvalue weighted by Crippen LogP contribution is -2.15. The van der Waals surface area contributed by atoms with Crippen LogP contribution in [0.2, 0.25) is 0 Å². The van der Waals surface area contributed by atoms with E-state index in [4.69, 9.17) is 10.2 Å². The van der Waals surface area contributed by atoms with Crippen molar-refractivity contribution in [3.05, 3.63) is 101 Å². The van der Waals surface area contributed by atoms with Crippen LogP contribution in [0.1, 0.15) is 26.3 Å². The number of nitrogens with one attached hydrogen (secondary N) is 1. The Hall–Kier alpha value is -3.93. The van der Waals surface area contributed by atoms with Gasteiger partial charge in [0.25, 0.3) is 0 Å². The molecule has 0 fully saturated rings. The molecular weight excluding hydrogens is 538 g/mol. The van der Waals surface area contributed by atoms with Crippen LogP contribution in [0.15, 0.2) is 84.0 Å². The number of halogens is 1. The third kappa shape index (κ3) is 8.04. The van der Waals surface area contributed by atoms with Crippen molar-refractivity contribution in [3.8, 4) is 11.3 Å². The number of carboxylic acids is 2. The average molecular weight is 562 g/mol. The molecule has 1 aromatic carbocycles. The van der Waals surface area contributed by atoms with Crippen LogP contribution in [0.3, 0.4) is 0 Å². The van der Waals surface area contributed by atoms with Gasteiger partial charge < -0.3 is 15.5 Å². The molecule has 3 N–H and O–H groups in total. The summed E-state index contributed by atoms with van der Waals surface area (Å²) in [4.78, 5) is 24.8. The molecular formula is C25H24ClN3O6S2. The van der Waals surface area contributed by atoms with E-state index >= 15 is 0 Å². The van der Waals surface area contributed by atoms with Crippen molar-refractivity contribution < 1.29 is 28.2 Å². The van der Waals surface area contributed by atoms with Gasteiger partial charge in [0, 0.05) is 36.6 Å². The number of hydrogen-bond donors (Lipinski definition) is 3. The molecule has 0 aliphatic heterocycles. The Morgan fingerprint density at radius 1 is 1.08 bits per heavy atom. The van der Waals surface area contributed by atoms with E-state index in [1.54, 1.807) is 37.8 Å². The van der Waals surface area contributed by atoms with Crippen molar-refractivity contribution in [1.29, 1.82) is 0 Å². The summed E-state index contributed by atoms with van der Waals surface area (Å²) in [5.41, 5.74) is 3.15. The van der Waals surface area contributed by atoms with Crippen molar-refractivity contribution in [2.24, 2.45) is 0 Å². The minimum Gasteiger partial charge on any atom is -0.478 e. The van der Waals surface area contributed by atoms with Crippen LogP contribution in [-0.4, -0.2) is 52.3 Å². The number of rotatable bonds is 8. The first-order valence-electron chi connectivity index (χ1n) is 10.5. The standard InChI is InChI=1S/C17H17N3O2S2.C8H6O4.ClH/c1-18-16-10-17(15-6-8-23-13-15)20(12-16)24(21,22)9-3-5-14-4-2-7-19-11-14;9-7(10)5-2-1-3-6(4-5)8(11)12;/h2-8,10-13,18H,9H2,1H3;1-4H,(H,9,10)(H,11,12);1H. The number of carboxylic acid groups (broad SMARTS) is 2. The molecule has 9 nitrogen and oxygen atoms in total. The number of carbonyl (C=O) groups is 2. The maximum Gasteiger partial charge on any atom is 0.335 e. The molecule has 4 rings (SSSR count). The number of pyridine rings is 1. The average Bonchev–Trinajstić information content (AvgIpc) is 3.55. The fourth-order valence-corrected chi connectivity index (χ4v) is 4.96. The maximum absolute atomic E-state index is 12.7. The molecule has 0 amide bonds. The first-order valence-corrected chi connectivity index (χ1v) is 13.1. The topological polar surface area (TPSA) is 139 Å². The lowest BCUT2D eigenvalue weighted by Gasteiger charge is -2.07. The minimum absolute atomic E-state index is 0. The van der Waals surface area contributed by atoms with E-state index in [2.05, 4.69) is 10.3 Å². The van der Waals surface area contributed by atoms with Gasteiger partial charge in [-0.2, -0.15) is 11.3 Å². The first-order chi connectivity index (χ1) is 17.2. The van der Waals surface area contributed by atoms with Gasteiger partial charge in [0.2, 0.25) is 10.0 Å². The molecule has 0 aliphatic carbocycles. The van der Waals surface area contributed by atoms with Crippen molar-refractivity contribution in [2.75, 3.05) is 18.1 Å². The minimum atomic E-state index is -3.50. The zero-order chi connectivity index (χ0) is 26.1. The molecule has 0 radical (unpaired) electrons. The van der Waals surface area contributed by atoms with Crippen LogP contribution < -0.4 is 5.32 Å². The Morgan fingerprint density at radius 2 is 1.78 bits per heavy atom. The molecule has 0 aliphatic rings. The number of aromatic nitrogens is 2. The normalized spacial score (nSPS) is 10.7. The van der Waals surface area contributed by atoms with E-state index in [1.807, 2.05) is 35.0 Å². The zero-order valence-electron chi connectivity index (χ0n) is 19.5. The van der Waals surface area contributed by atoms with E-state index in [9.17, 15) is 18.0 Å². The highest BCUT2D eigenvalue weighted by Crippen LogP contribution is 2.28. The lowest BCUT2D eigenvalue weighted by atomic mass is 10.1. The van der Waals surface area contributed by atoms with Crippen LogP contribution in [0.5, 0.6) is 0 Å². The summed E-state index contributed by atoms with van der Waals surface area (Å²) in [6.45, 7) is 0. The molecule has 0 atom stereocenters. The first kappa shape index (κ1) is 29.3. The Labute approximate surface area is 224 Å². The van der Waals surface area contributed by atoms with Gasteiger partial charge in [-0.05, 0) is 47.3 Å². The van der Waals surface area contributed by atoms with Gasteiger partial charge in [-0.1, -0.05) is 24.3 Å². The van der Waals surface area contributed by atoms with E-state index < -0.39 is 22.0 Å². The predicted molar refractivity (Wildman–Crippen MR) is 147 cm³/mol. The highest BCUT2D eigenvalue weighted by Gasteiger charge is 2.18. The van der Waals surface area contributed by atoms with Gasteiger partial charge in [-0.3, -0.25) is 4.98 Å². The fourth-order valence-electron chi connectivity index (χ4n) is 3.08. The number of anilines is 1. The van der Waals surface area contributed by atoms with Crippen LogP contribution >= 0.6 is 23.7 Å². The highest BCUT2D eigenvalue weighted by molar-refractivity contribution is 7.90. The molecule has 194 valence electrons. The van der Waals surface area contributed by atoms with Gasteiger partial charge in [-0.25, -0.2) is 22.0 Å². The Bertz CT molecular complexity index is 1440. The van der Waals surface area contributed by atoms with Crippen LogP contribution in [0.25, 0.3) is 17.3 Å². The molecule has 0 spiro atoms. The second-order valence-electron chi connectivity index (χ2n) is 7.33. The van der Waals surface area contributed by atoms with E-state index in [0.717, 1.165) is 22.9 Å². The summed E-state index contributed by atoms with van der Waals surface area (Å²) in [7, 11) is -1.73. The van der Waals surface area contributed by atoms with Gasteiger partial charge in [0.15, 0.2) is 0 Å². The summed E-state index contributed by atoms with van der Waals surface area (Å²) in [6, 6.07) is 12.6.